The van der Waals surface area contributed by atoms with Crippen LogP contribution in [0.5, 0.6) is 0 Å². The molecule has 84 valence electrons. The maximum absolute atomic E-state index is 10.7. The standard InChI is InChI=1S/C10H15BrN2OS/c1-7(10(12)14)6-13-5-4-8-2-3-9(11)15-8/h2-3,7,13H,4-6H2,1H3,(H2,12,14). The highest BCUT2D eigenvalue weighted by Gasteiger charge is 2.07. The van der Waals surface area contributed by atoms with E-state index in [-0.39, 0.29) is 11.8 Å². The zero-order valence-corrected chi connectivity index (χ0v) is 11.0. The average Bonchev–Trinajstić information content (AvgIpc) is 2.58. The maximum atomic E-state index is 10.7. The highest BCUT2D eigenvalue weighted by molar-refractivity contribution is 9.11. The lowest BCUT2D eigenvalue weighted by atomic mass is 10.2. The van der Waals surface area contributed by atoms with Crippen LogP contribution in [-0.4, -0.2) is 19.0 Å². The van der Waals surface area contributed by atoms with Crippen LogP contribution in [0.15, 0.2) is 15.9 Å². The summed E-state index contributed by atoms with van der Waals surface area (Å²) in [4.78, 5) is 12.1. The van der Waals surface area contributed by atoms with Crippen molar-refractivity contribution in [3.63, 3.8) is 0 Å². The normalized spacial score (nSPS) is 12.7. The molecule has 15 heavy (non-hydrogen) atoms. The first-order valence-corrected chi connectivity index (χ1v) is 6.45. The monoisotopic (exact) mass is 290 g/mol. The molecular formula is C10H15BrN2OS. The molecule has 3 N–H and O–H groups in total. The first-order valence-electron chi connectivity index (χ1n) is 4.84. The zero-order valence-electron chi connectivity index (χ0n) is 8.63. The quantitative estimate of drug-likeness (QED) is 0.785. The van der Waals surface area contributed by atoms with Crippen LogP contribution in [0.4, 0.5) is 0 Å². The summed E-state index contributed by atoms with van der Waals surface area (Å²) in [6.45, 7) is 3.36. The van der Waals surface area contributed by atoms with Crippen molar-refractivity contribution in [2.45, 2.75) is 13.3 Å². The van der Waals surface area contributed by atoms with E-state index in [1.54, 1.807) is 11.3 Å². The average molecular weight is 291 g/mol. The van der Waals surface area contributed by atoms with E-state index in [0.717, 1.165) is 16.8 Å². The third kappa shape index (κ3) is 4.77. The van der Waals surface area contributed by atoms with Crippen LogP contribution in [0.1, 0.15) is 11.8 Å². The Morgan fingerprint density at radius 2 is 2.40 bits per heavy atom. The number of hydrogen-bond acceptors (Lipinski definition) is 3. The summed E-state index contributed by atoms with van der Waals surface area (Å²) < 4.78 is 1.16. The van der Waals surface area contributed by atoms with Crippen LogP contribution in [0.2, 0.25) is 0 Å². The third-order valence-electron chi connectivity index (χ3n) is 2.11. The Morgan fingerprint density at radius 1 is 1.67 bits per heavy atom. The number of amides is 1. The van der Waals surface area contributed by atoms with Crippen LogP contribution >= 0.6 is 27.3 Å². The summed E-state index contributed by atoms with van der Waals surface area (Å²) in [5.74, 6) is -0.346. The molecule has 1 unspecified atom stereocenters. The van der Waals surface area contributed by atoms with Crippen molar-refractivity contribution in [3.05, 3.63) is 20.8 Å². The lowest BCUT2D eigenvalue weighted by Gasteiger charge is -2.07. The first-order chi connectivity index (χ1) is 7.09. The second-order valence-electron chi connectivity index (χ2n) is 3.46. The fraction of sp³-hybridized carbons (Fsp3) is 0.500. The lowest BCUT2D eigenvalue weighted by molar-refractivity contribution is -0.121. The van der Waals surface area contributed by atoms with Gasteiger partial charge in [0.25, 0.3) is 0 Å². The zero-order chi connectivity index (χ0) is 11.3. The van der Waals surface area contributed by atoms with Gasteiger partial charge < -0.3 is 11.1 Å². The minimum absolute atomic E-state index is 0.0972. The molecule has 1 aromatic heterocycles. The number of thiophene rings is 1. The maximum Gasteiger partial charge on any atom is 0.221 e. The molecule has 0 aromatic carbocycles. The van der Waals surface area contributed by atoms with Crippen molar-refractivity contribution in [1.82, 2.24) is 5.32 Å². The molecule has 0 spiro atoms. The van der Waals surface area contributed by atoms with E-state index in [4.69, 9.17) is 5.73 Å². The van der Waals surface area contributed by atoms with E-state index in [1.807, 2.05) is 13.0 Å². The number of halogens is 1. The molecule has 0 saturated heterocycles. The lowest BCUT2D eigenvalue weighted by Crippen LogP contribution is -2.31. The van der Waals surface area contributed by atoms with Crippen molar-refractivity contribution in [2.24, 2.45) is 11.7 Å². The second-order valence-corrected chi connectivity index (χ2v) is 6.01. The molecule has 0 fully saturated rings. The highest BCUT2D eigenvalue weighted by atomic mass is 79.9. The molecule has 0 radical (unpaired) electrons. The van der Waals surface area contributed by atoms with Crippen molar-refractivity contribution < 1.29 is 4.79 Å². The van der Waals surface area contributed by atoms with Gasteiger partial charge in [-0.2, -0.15) is 0 Å². The highest BCUT2D eigenvalue weighted by Crippen LogP contribution is 2.21. The minimum Gasteiger partial charge on any atom is -0.369 e. The van der Waals surface area contributed by atoms with Gasteiger partial charge in [0.2, 0.25) is 5.91 Å². The molecule has 0 aliphatic heterocycles. The van der Waals surface area contributed by atoms with E-state index < -0.39 is 0 Å². The number of carbonyl (C=O) groups excluding carboxylic acids is 1. The van der Waals surface area contributed by atoms with Gasteiger partial charge in [-0.05, 0) is 41.0 Å². The van der Waals surface area contributed by atoms with Gasteiger partial charge in [-0.3, -0.25) is 4.79 Å². The molecule has 0 aliphatic carbocycles. The van der Waals surface area contributed by atoms with Gasteiger partial charge in [0.05, 0.1) is 3.79 Å². The van der Waals surface area contributed by atoms with Crippen LogP contribution in [0, 0.1) is 5.92 Å². The number of nitrogens with two attached hydrogens (primary N) is 1. The van der Waals surface area contributed by atoms with Gasteiger partial charge in [0.1, 0.15) is 0 Å². The molecule has 1 aromatic rings. The number of hydrogen-bond donors (Lipinski definition) is 2. The minimum atomic E-state index is -0.249. The molecule has 0 bridgehead atoms. The summed E-state index contributed by atoms with van der Waals surface area (Å²) >= 11 is 5.16. The van der Waals surface area contributed by atoms with E-state index in [9.17, 15) is 4.79 Å². The summed E-state index contributed by atoms with van der Waals surface area (Å²) in [6, 6.07) is 4.15. The number of nitrogens with one attached hydrogen (secondary N) is 1. The van der Waals surface area contributed by atoms with Crippen LogP contribution in [0.3, 0.4) is 0 Å². The van der Waals surface area contributed by atoms with E-state index in [2.05, 4.69) is 27.3 Å². The molecule has 5 heteroatoms. The molecule has 1 amide bonds. The Hall–Kier alpha value is -0.390. The fourth-order valence-corrected chi connectivity index (χ4v) is 2.60. The predicted molar refractivity (Wildman–Crippen MR) is 67.0 cm³/mol. The van der Waals surface area contributed by atoms with E-state index in [1.165, 1.54) is 4.88 Å². The molecule has 1 rings (SSSR count). The Labute approximate surface area is 102 Å². The number of primary amides is 1. The smallest absolute Gasteiger partial charge is 0.221 e. The van der Waals surface area contributed by atoms with Gasteiger partial charge in [-0.15, -0.1) is 11.3 Å². The van der Waals surface area contributed by atoms with Crippen LogP contribution < -0.4 is 11.1 Å². The number of rotatable bonds is 6. The molecule has 1 heterocycles. The van der Waals surface area contributed by atoms with Gasteiger partial charge >= 0.3 is 0 Å². The van der Waals surface area contributed by atoms with E-state index in [0.29, 0.717) is 6.54 Å². The molecule has 0 aliphatic rings. The third-order valence-corrected chi connectivity index (χ3v) is 3.80. The van der Waals surface area contributed by atoms with Crippen LogP contribution in [-0.2, 0) is 11.2 Å². The predicted octanol–water partition coefficient (Wildman–Crippen LogP) is 1.76. The van der Waals surface area contributed by atoms with Gasteiger partial charge in [0, 0.05) is 17.3 Å². The summed E-state index contributed by atoms with van der Waals surface area (Å²) in [7, 11) is 0. The molecular weight excluding hydrogens is 276 g/mol. The van der Waals surface area contributed by atoms with Gasteiger partial charge in [-0.1, -0.05) is 6.92 Å². The van der Waals surface area contributed by atoms with Crippen molar-refractivity contribution in [3.8, 4) is 0 Å². The van der Waals surface area contributed by atoms with Gasteiger partial charge in [0.15, 0.2) is 0 Å². The van der Waals surface area contributed by atoms with E-state index >= 15 is 0 Å². The second kappa shape index (κ2) is 6.25. The molecule has 3 nitrogen and oxygen atoms in total. The largest absolute Gasteiger partial charge is 0.369 e. The Bertz CT molecular complexity index is 327. The Morgan fingerprint density at radius 3 is 2.93 bits per heavy atom. The SMILES string of the molecule is CC(CNCCc1ccc(Br)s1)C(N)=O. The summed E-state index contributed by atoms with van der Waals surface area (Å²) in [5.41, 5.74) is 5.15. The van der Waals surface area contributed by atoms with Crippen molar-refractivity contribution >= 4 is 33.2 Å². The van der Waals surface area contributed by atoms with Gasteiger partial charge in [-0.25, -0.2) is 0 Å². The summed E-state index contributed by atoms with van der Waals surface area (Å²) in [5, 5.41) is 3.21. The first kappa shape index (κ1) is 12.7. The Kier molecular flexibility index (Phi) is 5.28. The van der Waals surface area contributed by atoms with Crippen molar-refractivity contribution in [1.29, 1.82) is 0 Å². The molecule has 0 saturated carbocycles. The van der Waals surface area contributed by atoms with Crippen molar-refractivity contribution in [2.75, 3.05) is 13.1 Å². The van der Waals surface area contributed by atoms with Crippen LogP contribution in [0.25, 0.3) is 0 Å². The fourth-order valence-electron chi connectivity index (χ4n) is 1.12. The summed E-state index contributed by atoms with van der Waals surface area (Å²) in [6.07, 6.45) is 0.988. The number of carbonyl (C=O) groups is 1. The molecule has 1 atom stereocenters. The topological polar surface area (TPSA) is 55.1 Å². The Balaban J connectivity index is 2.14.